The maximum atomic E-state index is 12.6. The van der Waals surface area contributed by atoms with Gasteiger partial charge in [-0.2, -0.15) is 0 Å². The minimum atomic E-state index is -0.390. The lowest BCUT2D eigenvalue weighted by atomic mass is 10.3. The Hall–Kier alpha value is -1.69. The summed E-state index contributed by atoms with van der Waals surface area (Å²) in [5.41, 5.74) is 0. The zero-order valence-corrected chi connectivity index (χ0v) is 9.25. The van der Waals surface area contributed by atoms with Crippen molar-refractivity contribution >= 4 is 12.2 Å². The van der Waals surface area contributed by atoms with Gasteiger partial charge in [0, 0.05) is 0 Å². The highest BCUT2D eigenvalue weighted by atomic mass is 32.1. The molecule has 4 nitrogen and oxygen atoms in total. The highest BCUT2D eigenvalue weighted by Gasteiger charge is 2.12. The molecule has 0 radical (unpaired) electrons. The third-order valence-electron chi connectivity index (χ3n) is 1.93. The average molecular weight is 240 g/mol. The average Bonchev–Trinajstić information content (AvgIpc) is 2.68. The van der Waals surface area contributed by atoms with Crippen LogP contribution in [0.4, 0.5) is 4.39 Å². The number of halogens is 1. The van der Waals surface area contributed by atoms with Crippen molar-refractivity contribution in [2.75, 3.05) is 0 Å². The fourth-order valence-corrected chi connectivity index (χ4v) is 1.31. The highest BCUT2D eigenvalue weighted by Crippen LogP contribution is 2.20. The van der Waals surface area contributed by atoms with Gasteiger partial charge < -0.3 is 9.15 Å². The second-order valence-corrected chi connectivity index (χ2v) is 3.54. The molecule has 16 heavy (non-hydrogen) atoms. The van der Waals surface area contributed by atoms with Crippen molar-refractivity contribution < 1.29 is 13.5 Å². The molecule has 0 fully saturated rings. The van der Waals surface area contributed by atoms with E-state index in [1.165, 1.54) is 24.3 Å². The number of H-pyrrole nitrogens is 1. The fourth-order valence-electron chi connectivity index (χ4n) is 1.18. The van der Waals surface area contributed by atoms with Gasteiger partial charge in [-0.05, 0) is 43.4 Å². The summed E-state index contributed by atoms with van der Waals surface area (Å²) in [6, 6.07) is 5.71. The number of aromatic nitrogens is 2. The molecule has 84 valence electrons. The van der Waals surface area contributed by atoms with E-state index in [1.54, 1.807) is 6.92 Å². The summed E-state index contributed by atoms with van der Waals surface area (Å²) in [6.45, 7) is 1.76. The minimum Gasteiger partial charge on any atom is -0.481 e. The largest absolute Gasteiger partial charge is 0.481 e. The van der Waals surface area contributed by atoms with E-state index in [4.69, 9.17) is 21.4 Å². The summed E-state index contributed by atoms with van der Waals surface area (Å²) in [6.07, 6.45) is -0.390. The second kappa shape index (κ2) is 4.44. The van der Waals surface area contributed by atoms with Gasteiger partial charge >= 0.3 is 0 Å². The van der Waals surface area contributed by atoms with Gasteiger partial charge in [-0.15, -0.1) is 5.10 Å². The summed E-state index contributed by atoms with van der Waals surface area (Å²) >= 11 is 4.74. The molecule has 1 atom stereocenters. The van der Waals surface area contributed by atoms with Gasteiger partial charge in [0.1, 0.15) is 11.6 Å². The normalized spacial score (nSPS) is 12.4. The van der Waals surface area contributed by atoms with Gasteiger partial charge in [-0.3, -0.25) is 0 Å². The van der Waals surface area contributed by atoms with Gasteiger partial charge in [-0.1, -0.05) is 0 Å². The first-order valence-corrected chi connectivity index (χ1v) is 5.03. The number of benzene rings is 1. The number of nitrogens with one attached hydrogen (secondary N) is 1. The van der Waals surface area contributed by atoms with Gasteiger partial charge in [0.25, 0.3) is 10.7 Å². The molecule has 2 rings (SSSR count). The van der Waals surface area contributed by atoms with Gasteiger partial charge in [0.05, 0.1) is 0 Å². The molecule has 0 saturated carbocycles. The minimum absolute atomic E-state index is 0.199. The number of hydrogen-bond donors (Lipinski definition) is 1. The lowest BCUT2D eigenvalue weighted by molar-refractivity contribution is 0.187. The number of nitrogens with zero attached hydrogens (tertiary/aromatic N) is 1. The second-order valence-electron chi connectivity index (χ2n) is 3.17. The van der Waals surface area contributed by atoms with Crippen LogP contribution >= 0.6 is 12.2 Å². The number of hydrogen-bond acceptors (Lipinski definition) is 4. The maximum absolute atomic E-state index is 12.6. The lowest BCUT2D eigenvalue weighted by Crippen LogP contribution is -2.03. The first-order chi connectivity index (χ1) is 7.65. The van der Waals surface area contributed by atoms with Crippen LogP contribution in [-0.2, 0) is 0 Å². The number of aromatic amines is 1. The summed E-state index contributed by atoms with van der Waals surface area (Å²) in [5, 5.41) is 6.34. The standard InChI is InChI=1S/C10H9FN2O2S/c1-6(9-12-13-10(16)15-9)14-8-4-2-7(11)3-5-8/h2-6H,1H3,(H,13,16). The zero-order valence-electron chi connectivity index (χ0n) is 8.44. The molecule has 1 N–H and O–H groups in total. The first kappa shape index (κ1) is 10.8. The molecular weight excluding hydrogens is 231 g/mol. The van der Waals surface area contributed by atoms with Gasteiger partial charge in [-0.25, -0.2) is 9.49 Å². The Bertz CT molecular complexity index is 520. The fraction of sp³-hybridized carbons (Fsp3) is 0.200. The molecule has 1 aromatic carbocycles. The van der Waals surface area contributed by atoms with Crippen LogP contribution in [0.1, 0.15) is 18.9 Å². The maximum Gasteiger partial charge on any atom is 0.284 e. The Morgan fingerprint density at radius 3 is 2.69 bits per heavy atom. The molecule has 0 spiro atoms. The number of ether oxygens (including phenoxy) is 1. The Morgan fingerprint density at radius 2 is 2.12 bits per heavy atom. The van der Waals surface area contributed by atoms with Crippen molar-refractivity contribution in [2.45, 2.75) is 13.0 Å². The molecule has 0 aliphatic rings. The summed E-state index contributed by atoms with van der Waals surface area (Å²) in [5.74, 6) is 0.588. The monoisotopic (exact) mass is 240 g/mol. The Labute approximate surface area is 96.1 Å². The van der Waals surface area contributed by atoms with Crippen LogP contribution in [-0.4, -0.2) is 10.2 Å². The molecule has 1 unspecified atom stereocenters. The SMILES string of the molecule is CC(Oc1ccc(F)cc1)c1n[nH]c(=S)o1. The van der Waals surface area contributed by atoms with Crippen LogP contribution < -0.4 is 4.74 Å². The Kier molecular flexibility index (Phi) is 3.00. The molecule has 0 aliphatic carbocycles. The molecular formula is C10H9FN2O2S. The van der Waals surface area contributed by atoms with Gasteiger partial charge in [0.15, 0.2) is 6.10 Å². The van der Waals surface area contributed by atoms with Crippen molar-refractivity contribution in [3.05, 3.63) is 40.8 Å². The van der Waals surface area contributed by atoms with Crippen LogP contribution in [0, 0.1) is 10.7 Å². The molecule has 0 saturated heterocycles. The van der Waals surface area contributed by atoms with Crippen LogP contribution in [0.5, 0.6) is 5.75 Å². The third kappa shape index (κ3) is 2.46. The predicted octanol–water partition coefficient (Wildman–Crippen LogP) is 3.01. The van der Waals surface area contributed by atoms with Crippen LogP contribution in [0.25, 0.3) is 0 Å². The first-order valence-electron chi connectivity index (χ1n) is 4.63. The zero-order chi connectivity index (χ0) is 11.5. The van der Waals surface area contributed by atoms with E-state index in [0.717, 1.165) is 0 Å². The smallest absolute Gasteiger partial charge is 0.284 e. The summed E-state index contributed by atoms with van der Waals surface area (Å²) in [7, 11) is 0. The van der Waals surface area contributed by atoms with Crippen molar-refractivity contribution in [1.29, 1.82) is 0 Å². The molecule has 2 aromatic rings. The van der Waals surface area contributed by atoms with Crippen LogP contribution in [0.3, 0.4) is 0 Å². The quantitative estimate of drug-likeness (QED) is 0.838. The van der Waals surface area contributed by atoms with Crippen LogP contribution in [0.2, 0.25) is 0 Å². The molecule has 0 amide bonds. The molecule has 0 bridgehead atoms. The van der Waals surface area contributed by atoms with Crippen molar-refractivity contribution in [2.24, 2.45) is 0 Å². The summed E-state index contributed by atoms with van der Waals surface area (Å²) in [4.78, 5) is 0.199. The molecule has 1 heterocycles. The molecule has 6 heteroatoms. The van der Waals surface area contributed by atoms with Crippen molar-refractivity contribution in [3.8, 4) is 5.75 Å². The van der Waals surface area contributed by atoms with Crippen molar-refractivity contribution in [3.63, 3.8) is 0 Å². The Balaban J connectivity index is 2.10. The molecule has 1 aromatic heterocycles. The van der Waals surface area contributed by atoms with E-state index in [1.807, 2.05) is 0 Å². The predicted molar refractivity (Wildman–Crippen MR) is 57.1 cm³/mol. The third-order valence-corrected chi connectivity index (χ3v) is 2.10. The van der Waals surface area contributed by atoms with Crippen molar-refractivity contribution in [1.82, 2.24) is 10.2 Å². The summed E-state index contributed by atoms with van der Waals surface area (Å²) < 4.78 is 23.2. The van der Waals surface area contributed by atoms with E-state index >= 15 is 0 Å². The Morgan fingerprint density at radius 1 is 1.44 bits per heavy atom. The van der Waals surface area contributed by atoms with E-state index in [2.05, 4.69) is 10.2 Å². The van der Waals surface area contributed by atoms with E-state index < -0.39 is 6.10 Å². The van der Waals surface area contributed by atoms with E-state index in [-0.39, 0.29) is 10.7 Å². The molecule has 0 aliphatic heterocycles. The van der Waals surface area contributed by atoms with Crippen LogP contribution in [0.15, 0.2) is 28.7 Å². The highest BCUT2D eigenvalue weighted by molar-refractivity contribution is 7.71. The topological polar surface area (TPSA) is 51.0 Å². The lowest BCUT2D eigenvalue weighted by Gasteiger charge is -2.10. The van der Waals surface area contributed by atoms with Gasteiger partial charge in [0.2, 0.25) is 0 Å². The van der Waals surface area contributed by atoms with E-state index in [0.29, 0.717) is 11.6 Å². The number of rotatable bonds is 3. The van der Waals surface area contributed by atoms with E-state index in [9.17, 15) is 4.39 Å².